The molecule has 0 saturated heterocycles. The smallest absolute Gasteiger partial charge is 0.115 e. The van der Waals surface area contributed by atoms with E-state index in [-0.39, 0.29) is 0 Å². The van der Waals surface area contributed by atoms with E-state index >= 15 is 0 Å². The van der Waals surface area contributed by atoms with Gasteiger partial charge in [-0.25, -0.2) is 4.90 Å². The van der Waals surface area contributed by atoms with Gasteiger partial charge in [0.15, 0.2) is 0 Å². The second-order valence-corrected chi connectivity index (χ2v) is 5.91. The molecule has 0 radical (unpaired) electrons. The van der Waals surface area contributed by atoms with Crippen LogP contribution in [0.5, 0.6) is 0 Å². The van der Waals surface area contributed by atoms with Crippen LogP contribution in [0.3, 0.4) is 0 Å². The number of hydrogen-bond donors (Lipinski definition) is 2. The molecule has 0 aliphatic carbocycles. The normalized spacial score (nSPS) is 13.4. The van der Waals surface area contributed by atoms with Gasteiger partial charge in [0.25, 0.3) is 0 Å². The fraction of sp³-hybridized carbons (Fsp3) is 1.00. The third kappa shape index (κ3) is 7.74. The predicted molar refractivity (Wildman–Crippen MR) is 72.7 cm³/mol. The van der Waals surface area contributed by atoms with Gasteiger partial charge in [0.2, 0.25) is 0 Å². The molecule has 0 fully saturated rings. The SMILES string of the molecule is CCCCCCCCN(C(C)(C)O)C(C)(C)O. The lowest BCUT2D eigenvalue weighted by Gasteiger charge is -2.42. The zero-order valence-corrected chi connectivity index (χ0v) is 12.3. The number of nitrogens with zero attached hydrogens (tertiary/aromatic N) is 1. The van der Waals surface area contributed by atoms with E-state index in [1.165, 1.54) is 32.1 Å². The highest BCUT2D eigenvalue weighted by Gasteiger charge is 2.33. The maximum absolute atomic E-state index is 10.0. The zero-order valence-electron chi connectivity index (χ0n) is 12.3. The van der Waals surface area contributed by atoms with Crippen molar-refractivity contribution < 1.29 is 10.2 Å². The summed E-state index contributed by atoms with van der Waals surface area (Å²) in [6, 6.07) is 0. The van der Waals surface area contributed by atoms with Crippen molar-refractivity contribution in [3.8, 4) is 0 Å². The second kappa shape index (κ2) is 7.34. The van der Waals surface area contributed by atoms with Crippen LogP contribution >= 0.6 is 0 Å². The Morgan fingerprint density at radius 3 is 1.59 bits per heavy atom. The summed E-state index contributed by atoms with van der Waals surface area (Å²) in [6.07, 6.45) is 7.31. The molecular formula is C14H31NO2. The first-order valence-electron chi connectivity index (χ1n) is 6.92. The molecule has 2 N–H and O–H groups in total. The average Bonchev–Trinajstić information content (AvgIpc) is 2.12. The van der Waals surface area contributed by atoms with Crippen LogP contribution in [0.25, 0.3) is 0 Å². The predicted octanol–water partition coefficient (Wildman–Crippen LogP) is 3.11. The third-order valence-corrected chi connectivity index (χ3v) is 3.06. The Hall–Kier alpha value is -0.120. The molecule has 0 atom stereocenters. The standard InChI is InChI=1S/C14H31NO2/c1-6-7-8-9-10-11-12-15(13(2,3)16)14(4,5)17/h16-17H,6-12H2,1-5H3. The molecule has 104 valence electrons. The molecule has 0 aromatic heterocycles. The van der Waals surface area contributed by atoms with Gasteiger partial charge in [-0.3, -0.25) is 0 Å². The van der Waals surface area contributed by atoms with E-state index in [0.717, 1.165) is 13.0 Å². The van der Waals surface area contributed by atoms with Crippen molar-refractivity contribution >= 4 is 0 Å². The average molecular weight is 245 g/mol. The van der Waals surface area contributed by atoms with Gasteiger partial charge in [0.05, 0.1) is 0 Å². The molecule has 0 saturated carbocycles. The van der Waals surface area contributed by atoms with Crippen molar-refractivity contribution in [2.75, 3.05) is 6.54 Å². The summed E-state index contributed by atoms with van der Waals surface area (Å²) >= 11 is 0. The van der Waals surface area contributed by atoms with Crippen molar-refractivity contribution in [3.63, 3.8) is 0 Å². The first-order chi connectivity index (χ1) is 7.69. The first-order valence-corrected chi connectivity index (χ1v) is 6.92. The van der Waals surface area contributed by atoms with Gasteiger partial charge in [-0.15, -0.1) is 0 Å². The molecule has 0 aliphatic rings. The monoisotopic (exact) mass is 245 g/mol. The highest BCUT2D eigenvalue weighted by Crippen LogP contribution is 2.22. The molecular weight excluding hydrogens is 214 g/mol. The lowest BCUT2D eigenvalue weighted by molar-refractivity contribution is -0.200. The van der Waals surface area contributed by atoms with Crippen LogP contribution in [-0.4, -0.2) is 33.1 Å². The van der Waals surface area contributed by atoms with E-state index in [1.807, 2.05) is 0 Å². The van der Waals surface area contributed by atoms with Crippen LogP contribution in [0.1, 0.15) is 73.1 Å². The van der Waals surface area contributed by atoms with Gasteiger partial charge in [0.1, 0.15) is 11.4 Å². The Kier molecular flexibility index (Phi) is 7.29. The van der Waals surface area contributed by atoms with Gasteiger partial charge < -0.3 is 10.2 Å². The quantitative estimate of drug-likeness (QED) is 0.484. The van der Waals surface area contributed by atoms with E-state index in [2.05, 4.69) is 6.92 Å². The van der Waals surface area contributed by atoms with Crippen molar-refractivity contribution in [2.24, 2.45) is 0 Å². The zero-order chi connectivity index (χ0) is 13.5. The van der Waals surface area contributed by atoms with E-state index in [4.69, 9.17) is 0 Å². The fourth-order valence-electron chi connectivity index (χ4n) is 2.27. The summed E-state index contributed by atoms with van der Waals surface area (Å²) in [5.74, 6) is 0. The van der Waals surface area contributed by atoms with Crippen molar-refractivity contribution in [2.45, 2.75) is 84.6 Å². The van der Waals surface area contributed by atoms with Gasteiger partial charge in [-0.05, 0) is 34.1 Å². The third-order valence-electron chi connectivity index (χ3n) is 3.06. The highest BCUT2D eigenvalue weighted by molar-refractivity contribution is 4.78. The maximum atomic E-state index is 10.0. The molecule has 3 heteroatoms. The minimum absolute atomic E-state index is 0.735. The second-order valence-electron chi connectivity index (χ2n) is 5.91. The van der Waals surface area contributed by atoms with Crippen molar-refractivity contribution in [3.05, 3.63) is 0 Å². The molecule has 3 nitrogen and oxygen atoms in total. The summed E-state index contributed by atoms with van der Waals surface area (Å²) in [5.41, 5.74) is -1.94. The van der Waals surface area contributed by atoms with E-state index < -0.39 is 11.4 Å². The summed E-state index contributed by atoms with van der Waals surface area (Å²) in [5, 5.41) is 20.0. The van der Waals surface area contributed by atoms with E-state index in [1.54, 1.807) is 32.6 Å². The molecule has 0 amide bonds. The Balaban J connectivity index is 3.95. The first kappa shape index (κ1) is 16.9. The molecule has 17 heavy (non-hydrogen) atoms. The largest absolute Gasteiger partial charge is 0.376 e. The minimum atomic E-state index is -0.971. The summed E-state index contributed by atoms with van der Waals surface area (Å²) in [6.45, 7) is 9.84. The van der Waals surface area contributed by atoms with Crippen LogP contribution < -0.4 is 0 Å². The molecule has 0 spiro atoms. The van der Waals surface area contributed by atoms with Gasteiger partial charge in [-0.1, -0.05) is 39.0 Å². The lowest BCUT2D eigenvalue weighted by Crippen LogP contribution is -2.55. The van der Waals surface area contributed by atoms with Gasteiger partial charge in [0, 0.05) is 6.54 Å². The van der Waals surface area contributed by atoms with Gasteiger partial charge >= 0.3 is 0 Å². The lowest BCUT2D eigenvalue weighted by atomic mass is 10.1. The topological polar surface area (TPSA) is 43.7 Å². The Morgan fingerprint density at radius 2 is 1.18 bits per heavy atom. The van der Waals surface area contributed by atoms with E-state index in [9.17, 15) is 10.2 Å². The van der Waals surface area contributed by atoms with Crippen LogP contribution in [0.15, 0.2) is 0 Å². The number of hydrogen-bond acceptors (Lipinski definition) is 3. The fourth-order valence-corrected chi connectivity index (χ4v) is 2.27. The minimum Gasteiger partial charge on any atom is -0.376 e. The van der Waals surface area contributed by atoms with Crippen molar-refractivity contribution in [1.29, 1.82) is 0 Å². The molecule has 0 rings (SSSR count). The van der Waals surface area contributed by atoms with Gasteiger partial charge in [-0.2, -0.15) is 0 Å². The number of aliphatic hydroxyl groups is 2. The molecule has 0 aromatic carbocycles. The highest BCUT2D eigenvalue weighted by atomic mass is 16.3. The number of unbranched alkanes of at least 4 members (excludes halogenated alkanes) is 5. The molecule has 0 aliphatic heterocycles. The molecule has 0 bridgehead atoms. The van der Waals surface area contributed by atoms with Crippen LogP contribution in [-0.2, 0) is 0 Å². The summed E-state index contributed by atoms with van der Waals surface area (Å²) in [4.78, 5) is 1.75. The number of rotatable bonds is 9. The molecule has 0 heterocycles. The Morgan fingerprint density at radius 1 is 0.765 bits per heavy atom. The Labute approximate surface area is 107 Å². The summed E-state index contributed by atoms with van der Waals surface area (Å²) in [7, 11) is 0. The van der Waals surface area contributed by atoms with Crippen LogP contribution in [0.4, 0.5) is 0 Å². The van der Waals surface area contributed by atoms with Crippen LogP contribution in [0.2, 0.25) is 0 Å². The summed E-state index contributed by atoms with van der Waals surface area (Å²) < 4.78 is 0. The van der Waals surface area contributed by atoms with Crippen LogP contribution in [0, 0.1) is 0 Å². The molecule has 0 aromatic rings. The molecule has 0 unspecified atom stereocenters. The van der Waals surface area contributed by atoms with Crippen molar-refractivity contribution in [1.82, 2.24) is 4.90 Å². The maximum Gasteiger partial charge on any atom is 0.115 e. The van der Waals surface area contributed by atoms with E-state index in [0.29, 0.717) is 0 Å². The Bertz CT molecular complexity index is 177.